The standard InChI is InChI=1S/C29H38N6O3/c1-17-10-20-12-21(28(38)35(16-29(3,4)5)15-24(20)23-14-30-32-26(17)23)13-25(36)34-8-6-19(7-9-34)22-11-18(2)31-33-27(22)37/h10-11,14,19,21H,6-9,12-13,15-16H2,1-5H3,(H,30,32)(H,33,37)/t21-/m0/s1. The Labute approximate surface area is 223 Å². The van der Waals surface area contributed by atoms with E-state index in [-0.39, 0.29) is 35.1 Å². The summed E-state index contributed by atoms with van der Waals surface area (Å²) in [6.45, 7) is 12.6. The number of nitrogens with one attached hydrogen (secondary N) is 2. The normalized spacial score (nSPS) is 19.1. The number of amides is 2. The maximum atomic E-state index is 13.9. The van der Waals surface area contributed by atoms with Gasteiger partial charge in [0.15, 0.2) is 0 Å². The van der Waals surface area contributed by atoms with E-state index in [0.29, 0.717) is 32.6 Å². The smallest absolute Gasteiger partial charge is 0.267 e. The number of aryl methyl sites for hydroxylation is 2. The Hall–Kier alpha value is -3.49. The topological polar surface area (TPSA) is 115 Å². The fraction of sp³-hybridized carbons (Fsp3) is 0.552. The van der Waals surface area contributed by atoms with Gasteiger partial charge in [-0.1, -0.05) is 26.8 Å². The maximum absolute atomic E-state index is 13.9. The van der Waals surface area contributed by atoms with E-state index in [1.165, 1.54) is 0 Å². The largest absolute Gasteiger partial charge is 0.343 e. The third kappa shape index (κ3) is 5.24. The molecule has 0 unspecified atom stereocenters. The van der Waals surface area contributed by atoms with Gasteiger partial charge in [0.25, 0.3) is 5.56 Å². The highest BCUT2D eigenvalue weighted by atomic mass is 16.2. The molecule has 1 aromatic carbocycles. The van der Waals surface area contributed by atoms with Crippen LogP contribution >= 0.6 is 0 Å². The van der Waals surface area contributed by atoms with Crippen molar-refractivity contribution >= 4 is 22.7 Å². The highest BCUT2D eigenvalue weighted by molar-refractivity contribution is 5.90. The van der Waals surface area contributed by atoms with Gasteiger partial charge in [-0.25, -0.2) is 5.10 Å². The molecule has 9 nitrogen and oxygen atoms in total. The molecule has 2 N–H and O–H groups in total. The van der Waals surface area contributed by atoms with Crippen LogP contribution in [0.3, 0.4) is 0 Å². The lowest BCUT2D eigenvalue weighted by atomic mass is 9.88. The van der Waals surface area contributed by atoms with Gasteiger partial charge in [0, 0.05) is 43.5 Å². The number of fused-ring (bicyclic) bond motifs is 3. The number of likely N-dealkylation sites (tertiary alicyclic amines) is 1. The number of benzene rings is 1. The second-order valence-electron chi connectivity index (χ2n) is 12.3. The Bertz CT molecular complexity index is 1420. The Balaban J connectivity index is 1.35. The molecule has 0 bridgehead atoms. The molecule has 1 fully saturated rings. The quantitative estimate of drug-likeness (QED) is 0.548. The fourth-order valence-electron chi connectivity index (χ4n) is 6.13. The molecular formula is C29H38N6O3. The van der Waals surface area contributed by atoms with Crippen LogP contribution in [0.2, 0.25) is 0 Å². The Morgan fingerprint density at radius 2 is 1.84 bits per heavy atom. The summed E-state index contributed by atoms with van der Waals surface area (Å²) in [6, 6.07) is 4.01. The minimum absolute atomic E-state index is 0.0156. The second-order valence-corrected chi connectivity index (χ2v) is 12.3. The number of piperidine rings is 1. The molecule has 0 spiro atoms. The van der Waals surface area contributed by atoms with Crippen molar-refractivity contribution < 1.29 is 9.59 Å². The summed E-state index contributed by atoms with van der Waals surface area (Å²) in [4.78, 5) is 43.5. The van der Waals surface area contributed by atoms with E-state index in [2.05, 4.69) is 54.2 Å². The molecule has 202 valence electrons. The number of hydrogen-bond acceptors (Lipinski definition) is 5. The highest BCUT2D eigenvalue weighted by Gasteiger charge is 2.36. The molecule has 2 aliphatic rings. The molecule has 2 aromatic heterocycles. The average Bonchev–Trinajstić information content (AvgIpc) is 3.32. The summed E-state index contributed by atoms with van der Waals surface area (Å²) in [5, 5.41) is 15.0. The van der Waals surface area contributed by atoms with Crippen LogP contribution in [0.4, 0.5) is 0 Å². The van der Waals surface area contributed by atoms with E-state index >= 15 is 0 Å². The lowest BCUT2D eigenvalue weighted by Crippen LogP contribution is -2.43. The van der Waals surface area contributed by atoms with Crippen LogP contribution in [0.25, 0.3) is 10.9 Å². The molecule has 0 saturated carbocycles. The zero-order valence-electron chi connectivity index (χ0n) is 23.1. The van der Waals surface area contributed by atoms with Gasteiger partial charge >= 0.3 is 0 Å². The first-order valence-corrected chi connectivity index (χ1v) is 13.6. The van der Waals surface area contributed by atoms with Crippen LogP contribution in [0.15, 0.2) is 23.1 Å². The highest BCUT2D eigenvalue weighted by Crippen LogP contribution is 2.34. The molecule has 0 radical (unpaired) electrons. The lowest BCUT2D eigenvalue weighted by Gasteiger charge is -2.34. The molecule has 5 rings (SSSR count). The number of rotatable bonds is 4. The van der Waals surface area contributed by atoms with Crippen LogP contribution in [-0.2, 0) is 22.6 Å². The first-order valence-electron chi connectivity index (χ1n) is 13.6. The van der Waals surface area contributed by atoms with Crippen LogP contribution in [0, 0.1) is 25.2 Å². The summed E-state index contributed by atoms with van der Waals surface area (Å²) in [5.41, 5.74) is 5.68. The van der Waals surface area contributed by atoms with Crippen molar-refractivity contribution in [2.75, 3.05) is 19.6 Å². The van der Waals surface area contributed by atoms with Crippen molar-refractivity contribution in [2.45, 2.75) is 72.8 Å². The van der Waals surface area contributed by atoms with E-state index in [4.69, 9.17) is 0 Å². The predicted molar refractivity (Wildman–Crippen MR) is 146 cm³/mol. The van der Waals surface area contributed by atoms with E-state index < -0.39 is 5.92 Å². The monoisotopic (exact) mass is 518 g/mol. The summed E-state index contributed by atoms with van der Waals surface area (Å²) < 4.78 is 0. The first kappa shape index (κ1) is 26.1. The van der Waals surface area contributed by atoms with Crippen LogP contribution in [0.5, 0.6) is 0 Å². The van der Waals surface area contributed by atoms with Crippen molar-refractivity contribution in [1.29, 1.82) is 0 Å². The van der Waals surface area contributed by atoms with Gasteiger partial charge in [0.2, 0.25) is 11.8 Å². The third-order valence-corrected chi connectivity index (χ3v) is 7.95. The van der Waals surface area contributed by atoms with Crippen LogP contribution in [-0.4, -0.2) is 61.6 Å². The van der Waals surface area contributed by atoms with Gasteiger partial charge in [0.05, 0.1) is 23.3 Å². The molecule has 2 amide bonds. The molecule has 1 saturated heterocycles. The second kappa shape index (κ2) is 10.0. The Morgan fingerprint density at radius 1 is 1.11 bits per heavy atom. The van der Waals surface area contributed by atoms with Gasteiger partial charge in [-0.2, -0.15) is 10.2 Å². The van der Waals surface area contributed by atoms with Gasteiger partial charge in [-0.15, -0.1) is 0 Å². The van der Waals surface area contributed by atoms with Crippen molar-refractivity contribution in [2.24, 2.45) is 11.3 Å². The van der Waals surface area contributed by atoms with Crippen molar-refractivity contribution in [1.82, 2.24) is 30.2 Å². The maximum Gasteiger partial charge on any atom is 0.267 e. The van der Waals surface area contributed by atoms with Crippen LogP contribution < -0.4 is 5.56 Å². The van der Waals surface area contributed by atoms with E-state index in [0.717, 1.165) is 51.7 Å². The molecular weight excluding hydrogens is 480 g/mol. The SMILES string of the molecule is Cc1cc(C2CCN(C(=O)C[C@@H]3Cc4cc(C)c5[nH]ncc5c4CN(CC(C)(C)C)C3=O)CC2)c(=O)[nH]n1. The number of aromatic amines is 2. The molecule has 4 heterocycles. The average molecular weight is 519 g/mol. The Kier molecular flexibility index (Phi) is 6.88. The number of carbonyl (C=O) groups is 2. The van der Waals surface area contributed by atoms with E-state index in [9.17, 15) is 14.4 Å². The number of hydrogen-bond donors (Lipinski definition) is 2. The zero-order chi connectivity index (χ0) is 27.2. The van der Waals surface area contributed by atoms with Gasteiger partial charge in [-0.3, -0.25) is 19.5 Å². The number of aromatic nitrogens is 4. The number of nitrogens with zero attached hydrogens (tertiary/aromatic N) is 4. The molecule has 3 aromatic rings. The van der Waals surface area contributed by atoms with Gasteiger partial charge < -0.3 is 9.80 Å². The first-order chi connectivity index (χ1) is 18.0. The summed E-state index contributed by atoms with van der Waals surface area (Å²) in [5.74, 6) is -0.230. The third-order valence-electron chi connectivity index (χ3n) is 7.95. The lowest BCUT2D eigenvalue weighted by molar-refractivity contribution is -0.142. The van der Waals surface area contributed by atoms with Gasteiger partial charge in [0.1, 0.15) is 0 Å². The van der Waals surface area contributed by atoms with Gasteiger partial charge in [-0.05, 0) is 67.2 Å². The van der Waals surface area contributed by atoms with E-state index in [1.54, 1.807) is 0 Å². The molecule has 1 atom stereocenters. The summed E-state index contributed by atoms with van der Waals surface area (Å²) in [6.07, 6.45) is 4.05. The molecule has 0 aliphatic carbocycles. The molecule has 9 heteroatoms. The van der Waals surface area contributed by atoms with Crippen molar-refractivity contribution in [3.05, 3.63) is 56.6 Å². The summed E-state index contributed by atoms with van der Waals surface area (Å²) >= 11 is 0. The zero-order valence-corrected chi connectivity index (χ0v) is 23.1. The minimum Gasteiger partial charge on any atom is -0.343 e. The van der Waals surface area contributed by atoms with Crippen molar-refractivity contribution in [3.8, 4) is 0 Å². The fourth-order valence-corrected chi connectivity index (χ4v) is 6.13. The Morgan fingerprint density at radius 3 is 2.55 bits per heavy atom. The number of carbonyl (C=O) groups excluding carboxylic acids is 2. The summed E-state index contributed by atoms with van der Waals surface area (Å²) in [7, 11) is 0. The molecule has 38 heavy (non-hydrogen) atoms. The number of H-pyrrole nitrogens is 2. The van der Waals surface area contributed by atoms with E-state index in [1.807, 2.05) is 29.0 Å². The van der Waals surface area contributed by atoms with Crippen LogP contribution in [0.1, 0.15) is 73.9 Å². The predicted octanol–water partition coefficient (Wildman–Crippen LogP) is 3.61. The minimum atomic E-state index is -0.404. The molecule has 2 aliphatic heterocycles. The van der Waals surface area contributed by atoms with Crippen molar-refractivity contribution in [3.63, 3.8) is 0 Å².